The monoisotopic (exact) mass is 416 g/mol. The Morgan fingerprint density at radius 1 is 0.968 bits per heavy atom. The van der Waals surface area contributed by atoms with E-state index in [0.717, 1.165) is 24.4 Å². The van der Waals surface area contributed by atoms with Gasteiger partial charge < -0.3 is 20.0 Å². The second-order valence-electron chi connectivity index (χ2n) is 8.12. The van der Waals surface area contributed by atoms with Gasteiger partial charge in [0.25, 0.3) is 0 Å². The predicted molar refractivity (Wildman–Crippen MR) is 129 cm³/mol. The zero-order valence-corrected chi connectivity index (χ0v) is 19.1. The van der Waals surface area contributed by atoms with Crippen LogP contribution < -0.4 is 20.5 Å². The molecule has 0 bridgehead atoms. The molecule has 0 radical (unpaired) electrons. The number of para-hydroxylation sites is 2. The number of anilines is 1. The SMILES string of the molecule is CNCCC(Oc1ccccc1-n1c(C)c2c(c1C)N(C)NC=C2C)c1ccccc1. The highest BCUT2D eigenvalue weighted by molar-refractivity contribution is 5.83. The van der Waals surface area contributed by atoms with Crippen molar-refractivity contribution in [3.8, 4) is 11.4 Å². The third-order valence-corrected chi connectivity index (χ3v) is 6.02. The van der Waals surface area contributed by atoms with E-state index in [1.54, 1.807) is 0 Å². The molecule has 4 rings (SSSR count). The highest BCUT2D eigenvalue weighted by Gasteiger charge is 2.26. The Hall–Kier alpha value is -3.18. The van der Waals surface area contributed by atoms with Crippen molar-refractivity contribution in [2.45, 2.75) is 33.3 Å². The van der Waals surface area contributed by atoms with Gasteiger partial charge in [0.1, 0.15) is 11.9 Å². The Balaban J connectivity index is 1.78. The molecule has 3 aromatic rings. The minimum absolute atomic E-state index is 0.0217. The first-order chi connectivity index (χ1) is 15.0. The van der Waals surface area contributed by atoms with Crippen LogP contribution in [0.2, 0.25) is 0 Å². The molecule has 2 heterocycles. The van der Waals surface area contributed by atoms with Gasteiger partial charge in [-0.25, -0.2) is 0 Å². The van der Waals surface area contributed by atoms with E-state index in [2.05, 4.69) is 96.8 Å². The van der Waals surface area contributed by atoms with Crippen molar-refractivity contribution in [2.24, 2.45) is 0 Å². The number of ether oxygens (including phenoxy) is 1. The zero-order valence-electron chi connectivity index (χ0n) is 19.1. The number of allylic oxidation sites excluding steroid dienone is 1. The number of hydrazine groups is 1. The summed E-state index contributed by atoms with van der Waals surface area (Å²) in [5.74, 6) is 0.892. The number of hydrogen-bond donors (Lipinski definition) is 2. The van der Waals surface area contributed by atoms with Gasteiger partial charge in [0.2, 0.25) is 0 Å². The van der Waals surface area contributed by atoms with Crippen LogP contribution in [0.15, 0.2) is 60.8 Å². The molecule has 0 spiro atoms. The van der Waals surface area contributed by atoms with Gasteiger partial charge >= 0.3 is 0 Å². The predicted octanol–water partition coefficient (Wildman–Crippen LogP) is 5.14. The third-order valence-electron chi connectivity index (χ3n) is 6.02. The van der Waals surface area contributed by atoms with E-state index in [1.165, 1.54) is 33.8 Å². The van der Waals surface area contributed by atoms with Gasteiger partial charge in [-0.2, -0.15) is 0 Å². The summed E-state index contributed by atoms with van der Waals surface area (Å²) in [5.41, 5.74) is 11.7. The van der Waals surface area contributed by atoms with Crippen LogP contribution in [0.25, 0.3) is 11.3 Å². The van der Waals surface area contributed by atoms with Gasteiger partial charge in [-0.15, -0.1) is 0 Å². The lowest BCUT2D eigenvalue weighted by atomic mass is 10.1. The smallest absolute Gasteiger partial charge is 0.144 e. The molecule has 162 valence electrons. The van der Waals surface area contributed by atoms with Crippen molar-refractivity contribution in [1.82, 2.24) is 15.3 Å². The first-order valence-electron chi connectivity index (χ1n) is 10.9. The molecule has 0 saturated carbocycles. The quantitative estimate of drug-likeness (QED) is 0.560. The molecule has 1 unspecified atom stereocenters. The van der Waals surface area contributed by atoms with E-state index >= 15 is 0 Å². The van der Waals surface area contributed by atoms with Crippen LogP contribution in [0.5, 0.6) is 5.75 Å². The fourth-order valence-corrected chi connectivity index (χ4v) is 4.53. The van der Waals surface area contributed by atoms with Gasteiger partial charge in [-0.1, -0.05) is 42.5 Å². The molecular weight excluding hydrogens is 384 g/mol. The van der Waals surface area contributed by atoms with Crippen molar-refractivity contribution < 1.29 is 4.74 Å². The Morgan fingerprint density at radius 2 is 1.68 bits per heavy atom. The lowest BCUT2D eigenvalue weighted by Gasteiger charge is -2.26. The maximum absolute atomic E-state index is 6.68. The summed E-state index contributed by atoms with van der Waals surface area (Å²) in [4.78, 5) is 0. The number of benzene rings is 2. The van der Waals surface area contributed by atoms with Gasteiger partial charge in [-0.3, -0.25) is 5.01 Å². The summed E-state index contributed by atoms with van der Waals surface area (Å²) in [6.07, 6.45) is 2.93. The van der Waals surface area contributed by atoms with E-state index < -0.39 is 0 Å². The molecule has 1 aliphatic rings. The molecule has 0 saturated heterocycles. The molecule has 0 fully saturated rings. The van der Waals surface area contributed by atoms with Gasteiger partial charge in [0, 0.05) is 36.6 Å². The summed E-state index contributed by atoms with van der Waals surface area (Å²) >= 11 is 0. The fourth-order valence-electron chi connectivity index (χ4n) is 4.53. The summed E-state index contributed by atoms with van der Waals surface area (Å²) < 4.78 is 9.00. The Labute approximate surface area is 185 Å². The van der Waals surface area contributed by atoms with E-state index in [-0.39, 0.29) is 6.10 Å². The molecule has 2 N–H and O–H groups in total. The highest BCUT2D eigenvalue weighted by atomic mass is 16.5. The van der Waals surface area contributed by atoms with Crippen molar-refractivity contribution in [3.05, 3.63) is 83.3 Å². The van der Waals surface area contributed by atoms with E-state index in [4.69, 9.17) is 4.74 Å². The molecular formula is C26H32N4O. The first-order valence-corrected chi connectivity index (χ1v) is 10.9. The Bertz CT molecular complexity index is 1080. The average molecular weight is 417 g/mol. The molecule has 31 heavy (non-hydrogen) atoms. The highest BCUT2D eigenvalue weighted by Crippen LogP contribution is 2.41. The van der Waals surface area contributed by atoms with Crippen LogP contribution in [-0.4, -0.2) is 25.2 Å². The maximum Gasteiger partial charge on any atom is 0.144 e. The Kier molecular flexibility index (Phi) is 6.05. The summed E-state index contributed by atoms with van der Waals surface area (Å²) in [5, 5.41) is 5.34. The van der Waals surface area contributed by atoms with Crippen molar-refractivity contribution in [3.63, 3.8) is 0 Å². The second-order valence-corrected chi connectivity index (χ2v) is 8.12. The topological polar surface area (TPSA) is 41.5 Å². The number of nitrogens with zero attached hydrogens (tertiary/aromatic N) is 2. The number of rotatable bonds is 7. The first kappa shape index (κ1) is 21.1. The maximum atomic E-state index is 6.68. The zero-order chi connectivity index (χ0) is 22.0. The van der Waals surface area contributed by atoms with E-state index in [1.807, 2.05) is 19.2 Å². The van der Waals surface area contributed by atoms with Crippen LogP contribution in [0.1, 0.15) is 42.0 Å². The summed E-state index contributed by atoms with van der Waals surface area (Å²) in [7, 11) is 4.04. The van der Waals surface area contributed by atoms with E-state index in [9.17, 15) is 0 Å². The van der Waals surface area contributed by atoms with Gasteiger partial charge in [-0.05, 0) is 57.6 Å². The molecule has 5 nitrogen and oxygen atoms in total. The standard InChI is InChI=1S/C26H32N4O/c1-18-17-28-29(5)26-20(3)30(19(2)25(18)26)22-13-9-10-14-24(22)31-23(15-16-27-4)21-11-7-6-8-12-21/h6-14,17,23,27-28H,15-16H2,1-5H3. The second kappa shape index (κ2) is 8.90. The van der Waals surface area contributed by atoms with Crippen LogP contribution in [0, 0.1) is 13.8 Å². The van der Waals surface area contributed by atoms with Gasteiger partial charge in [0.15, 0.2) is 0 Å². The van der Waals surface area contributed by atoms with Crippen molar-refractivity contribution in [2.75, 3.05) is 25.6 Å². The lowest BCUT2D eigenvalue weighted by Crippen LogP contribution is -2.33. The largest absolute Gasteiger partial charge is 0.483 e. The summed E-state index contributed by atoms with van der Waals surface area (Å²) in [6, 6.07) is 18.8. The van der Waals surface area contributed by atoms with Crippen LogP contribution >= 0.6 is 0 Å². The van der Waals surface area contributed by atoms with E-state index in [0.29, 0.717) is 0 Å². The number of aromatic nitrogens is 1. The number of nitrogens with one attached hydrogen (secondary N) is 2. The third kappa shape index (κ3) is 3.93. The number of fused-ring (bicyclic) bond motifs is 1. The Morgan fingerprint density at radius 3 is 2.39 bits per heavy atom. The van der Waals surface area contributed by atoms with Crippen LogP contribution in [-0.2, 0) is 0 Å². The minimum Gasteiger partial charge on any atom is -0.483 e. The summed E-state index contributed by atoms with van der Waals surface area (Å²) in [6.45, 7) is 7.41. The minimum atomic E-state index is -0.0217. The fraction of sp³-hybridized carbons (Fsp3) is 0.308. The van der Waals surface area contributed by atoms with Crippen molar-refractivity contribution in [1.29, 1.82) is 0 Å². The normalized spacial score (nSPS) is 14.0. The van der Waals surface area contributed by atoms with Crippen LogP contribution in [0.4, 0.5) is 5.69 Å². The molecule has 0 amide bonds. The molecule has 1 aliphatic heterocycles. The van der Waals surface area contributed by atoms with Crippen LogP contribution in [0.3, 0.4) is 0 Å². The molecule has 2 aromatic carbocycles. The molecule has 0 aliphatic carbocycles. The average Bonchev–Trinajstić information content (AvgIpc) is 3.06. The molecule has 1 aromatic heterocycles. The van der Waals surface area contributed by atoms with Gasteiger partial charge in [0.05, 0.1) is 11.4 Å². The lowest BCUT2D eigenvalue weighted by molar-refractivity contribution is 0.194. The molecule has 5 heteroatoms. The molecule has 1 atom stereocenters. The van der Waals surface area contributed by atoms with Crippen molar-refractivity contribution >= 4 is 11.3 Å². The number of hydrogen-bond acceptors (Lipinski definition) is 4.